The highest BCUT2D eigenvalue weighted by atomic mass is 35.5. The number of aromatic nitrogens is 2. The first kappa shape index (κ1) is 14.0. The third-order valence-electron chi connectivity index (χ3n) is 3.05. The van der Waals surface area contributed by atoms with E-state index in [4.69, 9.17) is 11.6 Å². The molecule has 0 N–H and O–H groups in total. The third kappa shape index (κ3) is 2.75. The molecule has 2 aromatic heterocycles. The second-order valence-electron chi connectivity index (χ2n) is 4.38. The van der Waals surface area contributed by atoms with Gasteiger partial charge in [0.15, 0.2) is 5.13 Å². The number of carbonyl (C=O) groups is 1. The van der Waals surface area contributed by atoms with Crippen molar-refractivity contribution in [2.24, 2.45) is 0 Å². The molecule has 4 nitrogen and oxygen atoms in total. The van der Waals surface area contributed by atoms with E-state index in [1.807, 2.05) is 31.2 Å². The number of fused-ring (bicyclic) bond motifs is 1. The zero-order valence-electron chi connectivity index (χ0n) is 11.3. The highest BCUT2D eigenvalue weighted by molar-refractivity contribution is 7.22. The molecule has 0 spiro atoms. The minimum Gasteiger partial charge on any atom is -0.284 e. The standard InChI is InChI=1S/C15H12ClN3OS/c1-2-19(14(20)10-7-8-13(16)17-9-10)15-18-11-5-3-4-6-12(11)21-15/h3-9H,2H2,1H3. The van der Waals surface area contributed by atoms with Crippen molar-refractivity contribution >= 4 is 44.2 Å². The zero-order chi connectivity index (χ0) is 14.8. The number of halogens is 1. The Labute approximate surface area is 131 Å². The Bertz CT molecular complexity index is 752. The molecular formula is C15H12ClN3OS. The fourth-order valence-electron chi connectivity index (χ4n) is 2.00. The molecule has 1 amide bonds. The van der Waals surface area contributed by atoms with E-state index in [0.717, 1.165) is 10.2 Å². The van der Waals surface area contributed by atoms with E-state index < -0.39 is 0 Å². The van der Waals surface area contributed by atoms with Crippen LogP contribution in [0.4, 0.5) is 5.13 Å². The van der Waals surface area contributed by atoms with Crippen molar-refractivity contribution in [2.45, 2.75) is 6.92 Å². The zero-order valence-corrected chi connectivity index (χ0v) is 12.9. The van der Waals surface area contributed by atoms with Crippen LogP contribution >= 0.6 is 22.9 Å². The van der Waals surface area contributed by atoms with Gasteiger partial charge < -0.3 is 0 Å². The predicted octanol–water partition coefficient (Wildman–Crippen LogP) is 4.01. The molecule has 0 fully saturated rings. The van der Waals surface area contributed by atoms with Gasteiger partial charge in [-0.25, -0.2) is 9.97 Å². The summed E-state index contributed by atoms with van der Waals surface area (Å²) in [5, 5.41) is 1.06. The van der Waals surface area contributed by atoms with Crippen LogP contribution in [0.1, 0.15) is 17.3 Å². The fourth-order valence-corrected chi connectivity index (χ4v) is 3.14. The molecule has 3 aromatic rings. The summed E-state index contributed by atoms with van der Waals surface area (Å²) in [6.07, 6.45) is 1.49. The van der Waals surface area contributed by atoms with Crippen LogP contribution in [0.3, 0.4) is 0 Å². The Balaban J connectivity index is 1.97. The summed E-state index contributed by atoms with van der Waals surface area (Å²) >= 11 is 7.26. The molecule has 0 atom stereocenters. The molecule has 106 valence electrons. The van der Waals surface area contributed by atoms with Crippen LogP contribution in [0.2, 0.25) is 5.15 Å². The first-order chi connectivity index (χ1) is 10.2. The highest BCUT2D eigenvalue weighted by Gasteiger charge is 2.19. The number of thiazole rings is 1. The fraction of sp³-hybridized carbons (Fsp3) is 0.133. The maximum Gasteiger partial charge on any atom is 0.261 e. The second-order valence-corrected chi connectivity index (χ2v) is 5.78. The Hall–Kier alpha value is -1.98. The lowest BCUT2D eigenvalue weighted by atomic mass is 10.2. The molecule has 6 heteroatoms. The maximum atomic E-state index is 12.6. The Morgan fingerprint density at radius 1 is 1.29 bits per heavy atom. The van der Waals surface area contributed by atoms with Crippen molar-refractivity contribution in [1.82, 2.24) is 9.97 Å². The van der Waals surface area contributed by atoms with Gasteiger partial charge in [-0.15, -0.1) is 0 Å². The van der Waals surface area contributed by atoms with Gasteiger partial charge >= 0.3 is 0 Å². The van der Waals surface area contributed by atoms with E-state index in [2.05, 4.69) is 9.97 Å². The largest absolute Gasteiger partial charge is 0.284 e. The average Bonchev–Trinajstić information content (AvgIpc) is 2.92. The number of para-hydroxylation sites is 1. The average molecular weight is 318 g/mol. The van der Waals surface area contributed by atoms with E-state index in [1.165, 1.54) is 17.5 Å². The van der Waals surface area contributed by atoms with Crippen molar-refractivity contribution in [3.63, 3.8) is 0 Å². The number of pyridine rings is 1. The highest BCUT2D eigenvalue weighted by Crippen LogP contribution is 2.29. The molecular weight excluding hydrogens is 306 g/mol. The van der Waals surface area contributed by atoms with Crippen molar-refractivity contribution < 1.29 is 4.79 Å². The van der Waals surface area contributed by atoms with Gasteiger partial charge in [-0.05, 0) is 31.2 Å². The number of hydrogen-bond donors (Lipinski definition) is 0. The first-order valence-electron chi connectivity index (χ1n) is 6.48. The van der Waals surface area contributed by atoms with E-state index >= 15 is 0 Å². The molecule has 2 heterocycles. The summed E-state index contributed by atoms with van der Waals surface area (Å²) in [5.74, 6) is -0.124. The van der Waals surface area contributed by atoms with Crippen LogP contribution < -0.4 is 4.90 Å². The van der Waals surface area contributed by atoms with Crippen molar-refractivity contribution in [3.05, 3.63) is 53.3 Å². The molecule has 1 aromatic carbocycles. The van der Waals surface area contributed by atoms with E-state index in [1.54, 1.807) is 17.0 Å². The summed E-state index contributed by atoms with van der Waals surface area (Å²) in [6, 6.07) is 11.1. The van der Waals surface area contributed by atoms with Crippen LogP contribution in [0, 0.1) is 0 Å². The van der Waals surface area contributed by atoms with Gasteiger partial charge in [0.25, 0.3) is 5.91 Å². The lowest BCUT2D eigenvalue weighted by Gasteiger charge is -2.17. The minimum absolute atomic E-state index is 0.124. The van der Waals surface area contributed by atoms with Crippen molar-refractivity contribution in [1.29, 1.82) is 0 Å². The number of hydrogen-bond acceptors (Lipinski definition) is 4. The van der Waals surface area contributed by atoms with Gasteiger partial charge in [-0.3, -0.25) is 9.69 Å². The third-order valence-corrected chi connectivity index (χ3v) is 4.33. The number of rotatable bonds is 3. The second kappa shape index (κ2) is 5.79. The topological polar surface area (TPSA) is 46.1 Å². The van der Waals surface area contributed by atoms with E-state index in [-0.39, 0.29) is 5.91 Å². The van der Waals surface area contributed by atoms with Gasteiger partial charge in [0.2, 0.25) is 0 Å². The van der Waals surface area contributed by atoms with Crippen LogP contribution in [-0.2, 0) is 0 Å². The molecule has 0 radical (unpaired) electrons. The van der Waals surface area contributed by atoms with E-state index in [0.29, 0.717) is 22.4 Å². The maximum absolute atomic E-state index is 12.6. The predicted molar refractivity (Wildman–Crippen MR) is 86.2 cm³/mol. The summed E-state index contributed by atoms with van der Waals surface area (Å²) in [7, 11) is 0. The number of amides is 1. The molecule has 0 saturated carbocycles. The smallest absolute Gasteiger partial charge is 0.261 e. The molecule has 21 heavy (non-hydrogen) atoms. The van der Waals surface area contributed by atoms with Gasteiger partial charge in [0.05, 0.1) is 15.8 Å². The molecule has 0 aliphatic heterocycles. The molecule has 0 saturated heterocycles. The number of carbonyl (C=O) groups excluding carboxylic acids is 1. The first-order valence-corrected chi connectivity index (χ1v) is 7.67. The van der Waals surface area contributed by atoms with Crippen molar-refractivity contribution in [2.75, 3.05) is 11.4 Å². The Morgan fingerprint density at radius 2 is 2.10 bits per heavy atom. The van der Waals surface area contributed by atoms with Crippen LogP contribution in [0.15, 0.2) is 42.6 Å². The summed E-state index contributed by atoms with van der Waals surface area (Å²) in [5.41, 5.74) is 1.40. The number of anilines is 1. The quantitative estimate of drug-likeness (QED) is 0.686. The normalized spacial score (nSPS) is 10.8. The van der Waals surface area contributed by atoms with Crippen LogP contribution in [0.5, 0.6) is 0 Å². The SMILES string of the molecule is CCN(C(=O)c1ccc(Cl)nc1)c1nc2ccccc2s1. The molecule has 0 unspecified atom stereocenters. The van der Waals surface area contributed by atoms with Gasteiger partial charge in [-0.1, -0.05) is 35.1 Å². The van der Waals surface area contributed by atoms with Gasteiger partial charge in [0.1, 0.15) is 5.15 Å². The summed E-state index contributed by atoms with van der Waals surface area (Å²) in [4.78, 5) is 22.7. The molecule has 0 bridgehead atoms. The lowest BCUT2D eigenvalue weighted by Crippen LogP contribution is -2.30. The van der Waals surface area contributed by atoms with Gasteiger partial charge in [-0.2, -0.15) is 0 Å². The Morgan fingerprint density at radius 3 is 2.76 bits per heavy atom. The Kier molecular flexibility index (Phi) is 3.86. The monoisotopic (exact) mass is 317 g/mol. The summed E-state index contributed by atoms with van der Waals surface area (Å²) in [6.45, 7) is 2.47. The molecule has 0 aliphatic rings. The van der Waals surface area contributed by atoms with Crippen molar-refractivity contribution in [3.8, 4) is 0 Å². The minimum atomic E-state index is -0.124. The summed E-state index contributed by atoms with van der Waals surface area (Å²) < 4.78 is 1.06. The number of nitrogens with zero attached hydrogens (tertiary/aromatic N) is 3. The van der Waals surface area contributed by atoms with E-state index in [9.17, 15) is 4.79 Å². The van der Waals surface area contributed by atoms with Crippen LogP contribution in [0.25, 0.3) is 10.2 Å². The van der Waals surface area contributed by atoms with Crippen LogP contribution in [-0.4, -0.2) is 22.4 Å². The lowest BCUT2D eigenvalue weighted by molar-refractivity contribution is 0.0988. The molecule has 3 rings (SSSR count). The molecule has 0 aliphatic carbocycles. The van der Waals surface area contributed by atoms with Gasteiger partial charge in [0, 0.05) is 12.7 Å². The number of benzene rings is 1.